The zero-order valence-corrected chi connectivity index (χ0v) is 26.4. The van der Waals surface area contributed by atoms with E-state index in [9.17, 15) is 9.59 Å². The number of amides is 2. The highest BCUT2D eigenvalue weighted by atomic mass is 33.1. The summed E-state index contributed by atoms with van der Waals surface area (Å²) >= 11 is 0. The molecule has 0 radical (unpaired) electrons. The van der Waals surface area contributed by atoms with E-state index in [0.29, 0.717) is 71.3 Å². The van der Waals surface area contributed by atoms with E-state index in [-0.39, 0.29) is 14.9 Å². The summed E-state index contributed by atoms with van der Waals surface area (Å²) in [6.07, 6.45) is 1.39. The molecule has 12 heteroatoms. The molecule has 0 rings (SSSR count). The third kappa shape index (κ3) is 29.4. The van der Waals surface area contributed by atoms with Gasteiger partial charge in [-0.2, -0.15) is 0 Å². The van der Waals surface area contributed by atoms with Crippen molar-refractivity contribution in [3.63, 3.8) is 0 Å². The van der Waals surface area contributed by atoms with Crippen molar-refractivity contribution in [1.82, 2.24) is 16.0 Å². The van der Waals surface area contributed by atoms with Crippen molar-refractivity contribution in [3.8, 4) is 11.8 Å². The van der Waals surface area contributed by atoms with Crippen LogP contribution in [0.3, 0.4) is 0 Å². The molecule has 0 unspecified atom stereocenters. The Labute approximate surface area is 248 Å². The van der Waals surface area contributed by atoms with Gasteiger partial charge in [0.1, 0.15) is 5.94 Å². The Balaban J connectivity index is -0.00000241. The van der Waals surface area contributed by atoms with E-state index in [4.69, 9.17) is 23.7 Å². The van der Waals surface area contributed by atoms with Crippen molar-refractivity contribution in [2.45, 2.75) is 71.6 Å². The third-order valence-electron chi connectivity index (χ3n) is 4.67. The van der Waals surface area contributed by atoms with Gasteiger partial charge in [-0.15, -0.1) is 0 Å². The molecule has 0 aliphatic heterocycles. The first-order valence-electron chi connectivity index (χ1n) is 13.7. The van der Waals surface area contributed by atoms with Crippen molar-refractivity contribution >= 4 is 33.8 Å². The number of hydrogen-bond acceptors (Lipinski definition) is 10. The van der Waals surface area contributed by atoms with Crippen LogP contribution in [0.25, 0.3) is 0 Å². The van der Waals surface area contributed by atoms with Crippen molar-refractivity contribution in [2.75, 3.05) is 71.8 Å². The molecule has 0 aliphatic rings. The summed E-state index contributed by atoms with van der Waals surface area (Å²) < 4.78 is 26.8. The Morgan fingerprint density at radius 2 is 1.46 bits per heavy atom. The lowest BCUT2D eigenvalue weighted by Gasteiger charge is -2.22. The highest BCUT2D eigenvalue weighted by Gasteiger charge is 2.19. The number of ether oxygens (including phenoxy) is 5. The van der Waals surface area contributed by atoms with Gasteiger partial charge in [-0.3, -0.25) is 0 Å². The molecule has 0 bridgehead atoms. The molecule has 0 saturated carbocycles. The Hall–Kier alpha value is -1.36. The lowest BCUT2D eigenvalue weighted by atomic mass is 10.1. The van der Waals surface area contributed by atoms with E-state index in [1.165, 1.54) is 0 Å². The third-order valence-corrected chi connectivity index (χ3v) is 7.70. The fourth-order valence-electron chi connectivity index (χ4n) is 2.62. The number of carbonyl (C=O) groups excluding carboxylic acids is 2. The second kappa shape index (κ2) is 25.6. The van der Waals surface area contributed by atoms with Gasteiger partial charge in [-0.25, -0.2) is 9.59 Å². The summed E-state index contributed by atoms with van der Waals surface area (Å²) in [6.45, 7) is 17.3. The molecule has 0 spiro atoms. The minimum Gasteiger partial charge on any atom is -0.450 e. The average Bonchev–Trinajstić information content (AvgIpc) is 2.86. The number of alkyl carbamates (subject to hydrolysis) is 2. The number of rotatable bonds is 23. The molecule has 0 atom stereocenters. The minimum absolute atomic E-state index is 0. The van der Waals surface area contributed by atoms with E-state index in [1.807, 2.05) is 13.8 Å². The smallest absolute Gasteiger partial charge is 0.407 e. The SMILES string of the molecule is CC(C)C#CCNC(=O)OCCCCOCSSC(C)(C)CCOC(=O)NCCOCCOCCNC(C)C.[HH].[HH].[HH]. The Morgan fingerprint density at radius 1 is 0.821 bits per heavy atom. The number of unbranched alkanes of at least 4 members (excludes halogenated alkanes) is 1. The van der Waals surface area contributed by atoms with Gasteiger partial charge in [-0.05, 0) is 33.1 Å². The fourth-order valence-corrected chi connectivity index (χ4v) is 4.89. The lowest BCUT2D eigenvalue weighted by molar-refractivity contribution is 0.0489. The normalized spacial score (nSPS) is 11.3. The minimum atomic E-state index is -0.443. The van der Waals surface area contributed by atoms with Crippen LogP contribution in [0.4, 0.5) is 9.59 Å². The van der Waals surface area contributed by atoms with Gasteiger partial charge in [0, 0.05) is 40.7 Å². The van der Waals surface area contributed by atoms with E-state index in [1.54, 1.807) is 21.6 Å². The van der Waals surface area contributed by atoms with Crippen molar-refractivity contribution in [3.05, 3.63) is 0 Å². The standard InChI is InChI=1S/C27H51N3O7S2.3H2/c1-23(2)10-9-12-29-25(31)36-16-8-7-15-35-22-38-39-27(5,6)11-17-37-26(32)30-14-19-34-21-20-33-18-13-28-24(3)4;;;/h23-24,28H,7-8,11-22H2,1-6H3,(H,29,31)(H,30,32);3*1H. The molecular formula is C27H57N3O7S2. The predicted molar refractivity (Wildman–Crippen MR) is 166 cm³/mol. The second-order valence-corrected chi connectivity index (χ2v) is 12.8. The Kier molecular flexibility index (Phi) is 24.7. The highest BCUT2D eigenvalue weighted by molar-refractivity contribution is 8.77. The van der Waals surface area contributed by atoms with Crippen LogP contribution < -0.4 is 16.0 Å². The number of carbonyl (C=O) groups is 2. The molecule has 10 nitrogen and oxygen atoms in total. The molecule has 0 heterocycles. The van der Waals surface area contributed by atoms with Gasteiger partial charge >= 0.3 is 12.2 Å². The molecule has 3 N–H and O–H groups in total. The quantitative estimate of drug-likeness (QED) is 0.0628. The first-order valence-corrected chi connectivity index (χ1v) is 16.0. The fraction of sp³-hybridized carbons (Fsp3) is 0.852. The van der Waals surface area contributed by atoms with Crippen LogP contribution in [-0.4, -0.2) is 94.8 Å². The van der Waals surface area contributed by atoms with E-state index < -0.39 is 12.2 Å². The lowest BCUT2D eigenvalue weighted by Crippen LogP contribution is -2.30. The largest absolute Gasteiger partial charge is 0.450 e. The van der Waals surface area contributed by atoms with Gasteiger partial charge < -0.3 is 39.6 Å². The number of nitrogens with one attached hydrogen (secondary N) is 3. The van der Waals surface area contributed by atoms with E-state index >= 15 is 0 Å². The van der Waals surface area contributed by atoms with Crippen LogP contribution in [0.1, 0.15) is 65.1 Å². The summed E-state index contributed by atoms with van der Waals surface area (Å²) in [6, 6.07) is 0.455. The van der Waals surface area contributed by atoms with E-state index in [2.05, 4.69) is 55.5 Å². The topological polar surface area (TPSA) is 116 Å². The first-order chi connectivity index (χ1) is 18.6. The molecule has 0 fully saturated rings. The maximum absolute atomic E-state index is 11.8. The van der Waals surface area contributed by atoms with Crippen molar-refractivity contribution < 1.29 is 37.6 Å². The Morgan fingerprint density at radius 3 is 2.15 bits per heavy atom. The molecule has 234 valence electrons. The predicted octanol–water partition coefficient (Wildman–Crippen LogP) is 5.17. The Bertz CT molecular complexity index is 702. The van der Waals surface area contributed by atoms with Crippen LogP contribution >= 0.6 is 21.6 Å². The maximum atomic E-state index is 11.8. The summed E-state index contributed by atoms with van der Waals surface area (Å²) in [7, 11) is 3.33. The average molecular weight is 600 g/mol. The summed E-state index contributed by atoms with van der Waals surface area (Å²) in [5.41, 5.74) is 0. The van der Waals surface area contributed by atoms with Gasteiger partial charge in [0.15, 0.2) is 0 Å². The van der Waals surface area contributed by atoms with Crippen LogP contribution in [-0.2, 0) is 23.7 Å². The molecular weight excluding hydrogens is 542 g/mol. The van der Waals surface area contributed by atoms with Gasteiger partial charge in [-0.1, -0.05) is 61.1 Å². The zero-order valence-electron chi connectivity index (χ0n) is 24.7. The van der Waals surface area contributed by atoms with Gasteiger partial charge in [0.25, 0.3) is 0 Å². The van der Waals surface area contributed by atoms with Crippen LogP contribution in [0.5, 0.6) is 0 Å². The summed E-state index contributed by atoms with van der Waals surface area (Å²) in [5.74, 6) is 6.69. The molecule has 39 heavy (non-hydrogen) atoms. The second-order valence-electron chi connectivity index (χ2n) is 9.81. The summed E-state index contributed by atoms with van der Waals surface area (Å²) in [5, 5.41) is 8.57. The van der Waals surface area contributed by atoms with Crippen molar-refractivity contribution in [1.29, 1.82) is 0 Å². The van der Waals surface area contributed by atoms with Gasteiger partial charge in [0.2, 0.25) is 0 Å². The highest BCUT2D eigenvalue weighted by Crippen LogP contribution is 2.37. The van der Waals surface area contributed by atoms with Crippen LogP contribution in [0.15, 0.2) is 0 Å². The van der Waals surface area contributed by atoms with Crippen molar-refractivity contribution in [2.24, 2.45) is 5.92 Å². The monoisotopic (exact) mass is 599 g/mol. The molecule has 2 amide bonds. The van der Waals surface area contributed by atoms with Gasteiger partial charge in [0.05, 0.1) is 46.2 Å². The first kappa shape index (κ1) is 37.6. The molecule has 0 aromatic rings. The van der Waals surface area contributed by atoms with Crippen LogP contribution in [0.2, 0.25) is 0 Å². The molecule has 0 saturated heterocycles. The summed E-state index contributed by atoms with van der Waals surface area (Å²) in [4.78, 5) is 23.3. The maximum Gasteiger partial charge on any atom is 0.407 e. The molecule has 0 aromatic carbocycles. The van der Waals surface area contributed by atoms with E-state index in [0.717, 1.165) is 25.8 Å². The van der Waals surface area contributed by atoms with Crippen LogP contribution in [0, 0.1) is 17.8 Å². The molecule has 0 aromatic heterocycles. The zero-order chi connectivity index (χ0) is 29.2. The number of hydrogen-bond donors (Lipinski definition) is 3. The molecule has 0 aliphatic carbocycles.